The summed E-state index contributed by atoms with van der Waals surface area (Å²) in [5.74, 6) is 0.248. The number of carbonyl (C=O) groups excluding carboxylic acids is 1. The van der Waals surface area contributed by atoms with Gasteiger partial charge in [-0.2, -0.15) is 0 Å². The molecule has 1 rings (SSSR count). The number of esters is 1. The van der Waals surface area contributed by atoms with E-state index in [9.17, 15) is 15.0 Å². The van der Waals surface area contributed by atoms with Crippen LogP contribution in [0.1, 0.15) is 109 Å². The van der Waals surface area contributed by atoms with Crippen LogP contribution in [0, 0.1) is 0 Å². The average Bonchev–Trinajstić information content (AvgIpc) is 3.40. The van der Waals surface area contributed by atoms with Crippen molar-refractivity contribution in [2.75, 3.05) is 52.9 Å². The summed E-state index contributed by atoms with van der Waals surface area (Å²) < 4.78 is 33.7. The Morgan fingerprint density at radius 3 is 2.07 bits per heavy atom. The van der Waals surface area contributed by atoms with E-state index in [2.05, 4.69) is 19.1 Å². The molecule has 1 aromatic rings. The highest BCUT2D eigenvalue weighted by Crippen LogP contribution is 2.39. The molecule has 0 amide bonds. The van der Waals surface area contributed by atoms with Crippen molar-refractivity contribution >= 4 is 5.97 Å². The summed E-state index contributed by atoms with van der Waals surface area (Å²) in [6.45, 7) is 3.52. The smallest absolute Gasteiger partial charge is 0.335 e. The highest BCUT2D eigenvalue weighted by atomic mass is 16.6. The molecule has 0 aliphatic carbocycles. The SMILES string of the molecule is CCCCCCCCC=CCCCCCCC(OCC(OCCO)c1occ(OCCO)c1OCCO)C(=O)OCC. The van der Waals surface area contributed by atoms with Gasteiger partial charge in [-0.25, -0.2) is 4.79 Å². The van der Waals surface area contributed by atoms with Crippen LogP contribution in [-0.4, -0.2) is 80.2 Å². The minimum atomic E-state index is -0.822. The van der Waals surface area contributed by atoms with E-state index in [1.165, 1.54) is 44.8 Å². The largest absolute Gasteiger partial charge is 0.484 e. The molecule has 3 N–H and O–H groups in total. The molecular formula is C32H56O10. The third-order valence-electron chi connectivity index (χ3n) is 6.61. The maximum absolute atomic E-state index is 12.6. The van der Waals surface area contributed by atoms with Gasteiger partial charge in [-0.15, -0.1) is 0 Å². The Balaban J connectivity index is 2.59. The van der Waals surface area contributed by atoms with Crippen LogP contribution in [0.15, 0.2) is 22.8 Å². The van der Waals surface area contributed by atoms with Crippen molar-refractivity contribution < 1.29 is 48.2 Å². The number of hydrogen-bond donors (Lipinski definition) is 3. The Morgan fingerprint density at radius 1 is 0.810 bits per heavy atom. The quantitative estimate of drug-likeness (QED) is 0.0599. The van der Waals surface area contributed by atoms with Gasteiger partial charge in [0.2, 0.25) is 5.75 Å². The molecule has 0 fully saturated rings. The van der Waals surface area contributed by atoms with E-state index in [-0.39, 0.29) is 70.1 Å². The molecular weight excluding hydrogens is 544 g/mol. The minimum Gasteiger partial charge on any atom is -0.484 e. The number of carbonyl (C=O) groups is 1. The van der Waals surface area contributed by atoms with Crippen molar-refractivity contribution in [3.05, 3.63) is 24.2 Å². The lowest BCUT2D eigenvalue weighted by Crippen LogP contribution is -2.29. The van der Waals surface area contributed by atoms with E-state index in [0.717, 1.165) is 38.5 Å². The summed E-state index contributed by atoms with van der Waals surface area (Å²) in [5.41, 5.74) is 0. The van der Waals surface area contributed by atoms with Gasteiger partial charge in [-0.1, -0.05) is 70.4 Å². The number of unbranched alkanes of at least 4 members (excludes halogenated alkanes) is 10. The third kappa shape index (κ3) is 17.1. The van der Waals surface area contributed by atoms with Crippen LogP contribution in [0.4, 0.5) is 0 Å². The third-order valence-corrected chi connectivity index (χ3v) is 6.61. The Kier molecular flexibility index (Phi) is 23.9. The van der Waals surface area contributed by atoms with Crippen LogP contribution in [-0.2, 0) is 19.0 Å². The van der Waals surface area contributed by atoms with Crippen LogP contribution in [0.5, 0.6) is 11.5 Å². The lowest BCUT2D eigenvalue weighted by Gasteiger charge is -2.21. The van der Waals surface area contributed by atoms with Gasteiger partial charge in [-0.3, -0.25) is 0 Å². The number of aliphatic hydroxyl groups is 3. The Labute approximate surface area is 252 Å². The van der Waals surface area contributed by atoms with Gasteiger partial charge in [0.15, 0.2) is 17.6 Å². The molecule has 10 heteroatoms. The zero-order chi connectivity index (χ0) is 30.7. The van der Waals surface area contributed by atoms with Crippen molar-refractivity contribution in [1.29, 1.82) is 0 Å². The van der Waals surface area contributed by atoms with E-state index in [1.807, 2.05) is 0 Å². The van der Waals surface area contributed by atoms with Crippen LogP contribution in [0.3, 0.4) is 0 Å². The summed E-state index contributed by atoms with van der Waals surface area (Å²) in [7, 11) is 0. The summed E-state index contributed by atoms with van der Waals surface area (Å²) >= 11 is 0. The number of aliphatic hydroxyl groups excluding tert-OH is 3. The van der Waals surface area contributed by atoms with Crippen molar-refractivity contribution in [1.82, 2.24) is 0 Å². The molecule has 1 aromatic heterocycles. The van der Waals surface area contributed by atoms with Crippen LogP contribution in [0.25, 0.3) is 0 Å². The van der Waals surface area contributed by atoms with Crippen LogP contribution >= 0.6 is 0 Å². The number of ether oxygens (including phenoxy) is 5. The first-order valence-corrected chi connectivity index (χ1v) is 15.9. The molecule has 0 aliphatic rings. The van der Waals surface area contributed by atoms with Crippen LogP contribution in [0.2, 0.25) is 0 Å². The van der Waals surface area contributed by atoms with Gasteiger partial charge in [-0.05, 0) is 39.0 Å². The molecule has 0 spiro atoms. The fourth-order valence-electron chi connectivity index (χ4n) is 4.44. The Morgan fingerprint density at radius 2 is 1.43 bits per heavy atom. The predicted molar refractivity (Wildman–Crippen MR) is 161 cm³/mol. The summed E-state index contributed by atoms with van der Waals surface area (Å²) in [6.07, 6.45) is 19.0. The second-order valence-corrected chi connectivity index (χ2v) is 10.1. The topological polar surface area (TPSA) is 137 Å². The molecule has 2 unspecified atom stereocenters. The molecule has 10 nitrogen and oxygen atoms in total. The molecule has 0 aliphatic heterocycles. The molecule has 42 heavy (non-hydrogen) atoms. The molecule has 2 atom stereocenters. The van der Waals surface area contributed by atoms with Gasteiger partial charge >= 0.3 is 5.97 Å². The Bertz CT molecular complexity index is 794. The van der Waals surface area contributed by atoms with Crippen molar-refractivity contribution in [3.63, 3.8) is 0 Å². The first-order valence-electron chi connectivity index (χ1n) is 15.9. The number of allylic oxidation sites excluding steroid dienone is 2. The molecule has 244 valence electrons. The van der Waals surface area contributed by atoms with E-state index < -0.39 is 18.2 Å². The standard InChI is InChI=1S/C32H56O10/c1-3-5-6-7-8-9-10-11-12-13-14-15-16-17-18-27(32(36)37-4-2)41-25-28(38-22-19-33)31-30(40-24-21-35)29(26-42-31)39-23-20-34/h11-12,26-28,33-35H,3-10,13-25H2,1-2H3. The summed E-state index contributed by atoms with van der Waals surface area (Å²) in [5, 5.41) is 27.7. The van der Waals surface area contributed by atoms with Crippen molar-refractivity contribution in [2.45, 2.75) is 110 Å². The average molecular weight is 601 g/mol. The lowest BCUT2D eigenvalue weighted by molar-refractivity contribution is -0.160. The van der Waals surface area contributed by atoms with Crippen LogP contribution < -0.4 is 9.47 Å². The number of rotatable bonds is 29. The monoisotopic (exact) mass is 600 g/mol. The summed E-state index contributed by atoms with van der Waals surface area (Å²) in [4.78, 5) is 12.6. The summed E-state index contributed by atoms with van der Waals surface area (Å²) in [6, 6.07) is 0. The molecule has 0 bridgehead atoms. The van der Waals surface area contributed by atoms with Crippen molar-refractivity contribution in [3.8, 4) is 11.5 Å². The van der Waals surface area contributed by atoms with E-state index in [4.69, 9.17) is 33.2 Å². The molecule has 0 saturated heterocycles. The second-order valence-electron chi connectivity index (χ2n) is 10.1. The molecule has 0 saturated carbocycles. The normalized spacial score (nSPS) is 13.0. The van der Waals surface area contributed by atoms with Gasteiger partial charge in [0, 0.05) is 0 Å². The van der Waals surface area contributed by atoms with Gasteiger partial charge < -0.3 is 43.4 Å². The number of furan rings is 1. The fraction of sp³-hybridized carbons (Fsp3) is 0.781. The fourth-order valence-corrected chi connectivity index (χ4v) is 4.44. The second kappa shape index (κ2) is 26.5. The zero-order valence-corrected chi connectivity index (χ0v) is 25.9. The van der Waals surface area contributed by atoms with Gasteiger partial charge in [0.25, 0.3) is 0 Å². The first-order chi connectivity index (χ1) is 20.6. The van der Waals surface area contributed by atoms with E-state index in [0.29, 0.717) is 6.42 Å². The van der Waals surface area contributed by atoms with Crippen molar-refractivity contribution in [2.24, 2.45) is 0 Å². The van der Waals surface area contributed by atoms with E-state index >= 15 is 0 Å². The van der Waals surface area contributed by atoms with Gasteiger partial charge in [0.05, 0.1) is 39.6 Å². The molecule has 1 heterocycles. The van der Waals surface area contributed by atoms with E-state index in [1.54, 1.807) is 6.92 Å². The lowest BCUT2D eigenvalue weighted by atomic mass is 10.1. The highest BCUT2D eigenvalue weighted by Gasteiger charge is 2.29. The first kappa shape index (κ1) is 37.9. The zero-order valence-electron chi connectivity index (χ0n) is 25.9. The highest BCUT2D eigenvalue weighted by molar-refractivity contribution is 5.74. The maximum atomic E-state index is 12.6. The predicted octanol–water partition coefficient (Wildman–Crippen LogP) is 5.67. The minimum absolute atomic E-state index is 0.00151. The Hall–Kier alpha value is -2.11. The molecule has 0 radical (unpaired) electrons. The van der Waals surface area contributed by atoms with Gasteiger partial charge in [0.1, 0.15) is 25.6 Å². The molecule has 0 aromatic carbocycles. The number of hydrogen-bond acceptors (Lipinski definition) is 10. The maximum Gasteiger partial charge on any atom is 0.335 e.